The third kappa shape index (κ3) is 6.69. The first-order valence-electron chi connectivity index (χ1n) is 3.76. The van der Waals surface area contributed by atoms with Crippen LogP contribution in [0, 0.1) is 10.2 Å². The molecule has 0 aliphatic carbocycles. The Balaban J connectivity index is 0.000000255. The zero-order valence-corrected chi connectivity index (χ0v) is 10.4. The molecule has 7 heteroatoms. The number of aromatic nitrogens is 2. The predicted molar refractivity (Wildman–Crippen MR) is 50.9 cm³/mol. The van der Waals surface area contributed by atoms with Crippen molar-refractivity contribution in [3.05, 3.63) is 18.7 Å². The number of hydrogen-bond donors (Lipinski definition) is 0. The monoisotopic (exact) mass is 281 g/mol. The Labute approximate surface area is 88.8 Å². The van der Waals surface area contributed by atoms with Crippen molar-refractivity contribution in [3.8, 4) is 4.97 Å². The number of nitrogens with zero attached hydrogens (tertiary/aromatic N) is 3. The van der Waals surface area contributed by atoms with Crippen LogP contribution in [-0.4, -0.2) is 16.0 Å². The fourth-order valence-electron chi connectivity index (χ4n) is 0.689. The van der Waals surface area contributed by atoms with E-state index in [0.29, 0.717) is 0 Å². The van der Waals surface area contributed by atoms with E-state index < -0.39 is 11.5 Å². The molecule has 0 amide bonds. The van der Waals surface area contributed by atoms with Gasteiger partial charge in [0.25, 0.3) is 0 Å². The van der Waals surface area contributed by atoms with Gasteiger partial charge in [-0.1, -0.05) is 0 Å². The van der Waals surface area contributed by atoms with Crippen LogP contribution in [0.1, 0.15) is 6.92 Å². The number of nitriles is 1. The van der Waals surface area contributed by atoms with Crippen LogP contribution in [0.25, 0.3) is 0 Å². The van der Waals surface area contributed by atoms with Gasteiger partial charge in [0.15, 0.2) is 0 Å². The van der Waals surface area contributed by atoms with Gasteiger partial charge in [-0.3, -0.25) is 0 Å². The summed E-state index contributed by atoms with van der Waals surface area (Å²) >= 11 is -4.39. The molecule has 1 aromatic rings. The van der Waals surface area contributed by atoms with Crippen molar-refractivity contribution in [3.63, 3.8) is 0 Å². The van der Waals surface area contributed by atoms with Crippen molar-refractivity contribution in [2.45, 2.75) is 13.5 Å². The Morgan fingerprint density at radius 3 is 2.43 bits per heavy atom. The van der Waals surface area contributed by atoms with Crippen molar-refractivity contribution in [1.29, 1.82) is 5.26 Å². The first-order valence-corrected chi connectivity index (χ1v) is 8.45. The second kappa shape index (κ2) is 5.83. The van der Waals surface area contributed by atoms with E-state index in [9.17, 15) is 8.02 Å². The van der Waals surface area contributed by atoms with Gasteiger partial charge in [-0.05, 0) is 6.92 Å². The van der Waals surface area contributed by atoms with E-state index in [4.69, 9.17) is 5.26 Å². The fourth-order valence-corrected chi connectivity index (χ4v) is 0.689. The molecule has 0 bridgehead atoms. The van der Waals surface area contributed by atoms with E-state index in [1.165, 1.54) is 0 Å². The molecule has 78 valence electrons. The summed E-state index contributed by atoms with van der Waals surface area (Å²) in [6.07, 6.45) is 6.14. The molecule has 0 saturated heterocycles. The summed E-state index contributed by atoms with van der Waals surface area (Å²) in [5, 5.41) is 7.49. The molecule has 0 aliphatic rings. The van der Waals surface area contributed by atoms with Crippen molar-refractivity contribution in [1.82, 2.24) is 4.57 Å². The number of hydrogen-bond acceptors (Lipinski definition) is 4. The Kier molecular flexibility index (Phi) is 5.50. The molecule has 0 radical (unpaired) electrons. The molecule has 0 fully saturated rings. The summed E-state index contributed by atoms with van der Waals surface area (Å²) in [5.74, 6) is 0. The molecule has 0 spiro atoms. The third-order valence-electron chi connectivity index (χ3n) is 1.30. The minimum absolute atomic E-state index is 0.964. The van der Waals surface area contributed by atoms with Gasteiger partial charge in [0.05, 0.1) is 13.6 Å². The fraction of sp³-hybridized carbons (Fsp3) is 0.429. The zero-order chi connectivity index (χ0) is 11.2. The Hall–Kier alpha value is -0.801. The van der Waals surface area contributed by atoms with Crippen LogP contribution in [0.4, 0.5) is 0 Å². The van der Waals surface area contributed by atoms with Crippen LogP contribution in [0.5, 0.6) is 0 Å². The SMILES string of the molecule is CCn1cc[n+](C)c1.N#C[Se](=O)([O-])=S. The van der Waals surface area contributed by atoms with E-state index in [1.807, 2.05) is 17.8 Å². The number of aryl methyl sites for hydroxylation is 2. The molecule has 0 aromatic carbocycles. The number of rotatable bonds is 1. The second-order valence-electron chi connectivity index (χ2n) is 2.45. The maximum atomic E-state index is 9.53. The first kappa shape index (κ1) is 13.2. The molecule has 1 heterocycles. The van der Waals surface area contributed by atoms with Gasteiger partial charge in [-0.25, -0.2) is 9.13 Å². The third-order valence-corrected chi connectivity index (χ3v) is 2.16. The molecular formula is C7H11N3O2SSe. The van der Waals surface area contributed by atoms with Gasteiger partial charge in [0.2, 0.25) is 6.33 Å². The van der Waals surface area contributed by atoms with Gasteiger partial charge in [0, 0.05) is 0 Å². The molecule has 5 nitrogen and oxygen atoms in total. The molecule has 14 heavy (non-hydrogen) atoms. The summed E-state index contributed by atoms with van der Waals surface area (Å²) in [6, 6.07) is 0. The van der Waals surface area contributed by atoms with Crippen molar-refractivity contribution in [2.24, 2.45) is 7.05 Å². The Morgan fingerprint density at radius 2 is 2.29 bits per heavy atom. The quantitative estimate of drug-likeness (QED) is 0.504. The second-order valence-corrected chi connectivity index (χ2v) is 7.02. The molecule has 1 aromatic heterocycles. The van der Waals surface area contributed by atoms with Crippen molar-refractivity contribution < 1.29 is 12.6 Å². The summed E-state index contributed by atoms with van der Waals surface area (Å²) in [5.41, 5.74) is 0. The van der Waals surface area contributed by atoms with Gasteiger partial charge in [0.1, 0.15) is 12.4 Å². The first-order chi connectivity index (χ1) is 6.39. The summed E-state index contributed by atoms with van der Waals surface area (Å²) in [4.78, 5) is 0.964. The van der Waals surface area contributed by atoms with Crippen LogP contribution in [0.2, 0.25) is 0 Å². The van der Waals surface area contributed by atoms with Crippen LogP contribution in [0.15, 0.2) is 18.7 Å². The normalized spacial score (nSPS) is 13.3. The minimum atomic E-state index is -4.39. The summed E-state index contributed by atoms with van der Waals surface area (Å²) in [7, 11) is 5.69. The maximum absolute atomic E-state index is 9.53. The number of imidazole rings is 1. The molecule has 0 saturated carbocycles. The molecular weight excluding hydrogens is 269 g/mol. The van der Waals surface area contributed by atoms with Crippen molar-refractivity contribution in [2.75, 3.05) is 0 Å². The molecule has 0 N–H and O–H groups in total. The van der Waals surface area contributed by atoms with Gasteiger partial charge < -0.3 is 0 Å². The summed E-state index contributed by atoms with van der Waals surface area (Å²) in [6.45, 7) is 3.18. The van der Waals surface area contributed by atoms with Crippen LogP contribution in [0.3, 0.4) is 0 Å². The van der Waals surface area contributed by atoms with Crippen LogP contribution < -0.4 is 8.76 Å². The van der Waals surface area contributed by atoms with Crippen LogP contribution in [-0.2, 0) is 17.4 Å². The van der Waals surface area contributed by atoms with Crippen LogP contribution >= 0.6 is 10.6 Å². The van der Waals surface area contributed by atoms with E-state index in [2.05, 4.69) is 34.6 Å². The average molecular weight is 280 g/mol. The van der Waals surface area contributed by atoms with Crippen molar-refractivity contribution >= 4 is 22.0 Å². The standard InChI is InChI=1S/C6H11N2.CHNO2SSe/c1-3-8-5-4-7(2)6-8;2-1-6(3,4)5/h4-6H,3H2,1-2H3;(H,3,4,5)/q+1;/p-1. The van der Waals surface area contributed by atoms with E-state index in [1.54, 1.807) is 0 Å². The topological polar surface area (TPSA) is 72.7 Å². The van der Waals surface area contributed by atoms with Gasteiger partial charge >= 0.3 is 40.3 Å². The molecule has 1 atom stereocenters. The van der Waals surface area contributed by atoms with Gasteiger partial charge in [-0.2, -0.15) is 0 Å². The predicted octanol–water partition coefficient (Wildman–Crippen LogP) is -0.691. The van der Waals surface area contributed by atoms with E-state index in [0.717, 1.165) is 11.5 Å². The Morgan fingerprint density at radius 1 is 1.79 bits per heavy atom. The van der Waals surface area contributed by atoms with Gasteiger partial charge in [-0.15, -0.1) is 0 Å². The Bertz CT molecular complexity index is 418. The van der Waals surface area contributed by atoms with E-state index >= 15 is 0 Å². The molecule has 0 aliphatic heterocycles. The summed E-state index contributed by atoms with van der Waals surface area (Å²) < 4.78 is 23.2. The molecule has 1 rings (SSSR count). The molecule has 1 unspecified atom stereocenters. The average Bonchev–Trinajstić information content (AvgIpc) is 2.51. The van der Waals surface area contributed by atoms with E-state index in [-0.39, 0.29) is 0 Å². The zero-order valence-electron chi connectivity index (χ0n) is 7.91.